The molecule has 0 radical (unpaired) electrons. The van der Waals surface area contributed by atoms with Gasteiger partial charge in [0.2, 0.25) is 0 Å². The van der Waals surface area contributed by atoms with Gasteiger partial charge >= 0.3 is 0 Å². The third-order valence-corrected chi connectivity index (χ3v) is 5.57. The van der Waals surface area contributed by atoms with Gasteiger partial charge in [0.1, 0.15) is 17.2 Å². The maximum Gasteiger partial charge on any atom is 0.275 e. The molecule has 33 heavy (non-hydrogen) atoms. The average molecular weight is 449 g/mol. The van der Waals surface area contributed by atoms with Crippen LogP contribution in [0.4, 0.5) is 4.39 Å². The molecular weight excluding hydrogens is 425 g/mol. The van der Waals surface area contributed by atoms with E-state index in [1.807, 2.05) is 32.9 Å². The molecule has 4 rings (SSSR count). The number of carbonyl (C=O) groups excluding carboxylic acids is 2. The fourth-order valence-electron chi connectivity index (χ4n) is 4.00. The zero-order valence-electron chi connectivity index (χ0n) is 18.5. The van der Waals surface area contributed by atoms with E-state index in [0.717, 1.165) is 5.56 Å². The first kappa shape index (κ1) is 22.3. The van der Waals surface area contributed by atoms with Gasteiger partial charge in [-0.2, -0.15) is 5.21 Å². The number of amides is 2. The van der Waals surface area contributed by atoms with Crippen LogP contribution in [0.15, 0.2) is 53.5 Å². The minimum absolute atomic E-state index is 0.161. The van der Waals surface area contributed by atoms with Crippen molar-refractivity contribution in [2.45, 2.75) is 45.4 Å². The van der Waals surface area contributed by atoms with E-state index < -0.39 is 5.66 Å². The van der Waals surface area contributed by atoms with Gasteiger partial charge in [-0.05, 0) is 62.2 Å². The van der Waals surface area contributed by atoms with E-state index in [9.17, 15) is 14.0 Å². The van der Waals surface area contributed by atoms with Crippen LogP contribution in [-0.2, 0) is 11.3 Å². The zero-order chi connectivity index (χ0) is 23.6. The predicted molar refractivity (Wildman–Crippen MR) is 119 cm³/mol. The molecule has 2 heterocycles. The van der Waals surface area contributed by atoms with Crippen molar-refractivity contribution < 1.29 is 14.0 Å². The number of aliphatic imine (C=N–C) groups is 1. The monoisotopic (exact) mass is 449 g/mol. The number of hydrogen-bond acceptors (Lipinski definition) is 6. The van der Waals surface area contributed by atoms with E-state index in [-0.39, 0.29) is 30.2 Å². The molecule has 0 aliphatic carbocycles. The van der Waals surface area contributed by atoms with Gasteiger partial charge in [0, 0.05) is 11.1 Å². The average Bonchev–Trinajstić information content (AvgIpc) is 3.41. The first-order valence-electron chi connectivity index (χ1n) is 10.6. The zero-order valence-corrected chi connectivity index (χ0v) is 18.5. The first-order chi connectivity index (χ1) is 15.8. The Morgan fingerprint density at radius 3 is 2.45 bits per heavy atom. The Balaban J connectivity index is 1.52. The molecule has 0 saturated carbocycles. The van der Waals surface area contributed by atoms with E-state index in [1.165, 1.54) is 12.1 Å². The minimum atomic E-state index is -0.776. The summed E-state index contributed by atoms with van der Waals surface area (Å²) in [4.78, 5) is 32.2. The molecule has 9 nitrogen and oxygen atoms in total. The normalized spacial score (nSPS) is 15.9. The predicted octanol–water partition coefficient (Wildman–Crippen LogP) is 2.79. The Kier molecular flexibility index (Phi) is 5.99. The number of H-pyrrole nitrogens is 1. The number of nitrogens with one attached hydrogen (secondary N) is 2. The van der Waals surface area contributed by atoms with Gasteiger partial charge in [-0.3, -0.25) is 14.6 Å². The van der Waals surface area contributed by atoms with Gasteiger partial charge in [-0.1, -0.05) is 24.3 Å². The molecule has 0 bridgehead atoms. The lowest BCUT2D eigenvalue weighted by Gasteiger charge is -2.37. The number of carbonyl (C=O) groups is 2. The van der Waals surface area contributed by atoms with Gasteiger partial charge in [-0.15, -0.1) is 10.2 Å². The quantitative estimate of drug-likeness (QED) is 0.575. The molecular formula is C23H24FN7O2. The Bertz CT molecular complexity index is 1170. The van der Waals surface area contributed by atoms with Crippen molar-refractivity contribution in [1.82, 2.24) is 30.8 Å². The van der Waals surface area contributed by atoms with Crippen molar-refractivity contribution in [3.63, 3.8) is 0 Å². The number of nitrogens with zero attached hydrogens (tertiary/aromatic N) is 5. The third-order valence-electron chi connectivity index (χ3n) is 5.57. The van der Waals surface area contributed by atoms with E-state index >= 15 is 0 Å². The van der Waals surface area contributed by atoms with Gasteiger partial charge in [0.05, 0.1) is 12.6 Å². The smallest absolute Gasteiger partial charge is 0.275 e. The fraction of sp³-hybridized carbons (Fsp3) is 0.304. The topological polar surface area (TPSA) is 116 Å². The molecule has 2 amide bonds. The largest absolute Gasteiger partial charge is 0.345 e. The van der Waals surface area contributed by atoms with Crippen LogP contribution in [0.3, 0.4) is 0 Å². The summed E-state index contributed by atoms with van der Waals surface area (Å²) < 4.78 is 13.3. The van der Waals surface area contributed by atoms with Gasteiger partial charge in [0.15, 0.2) is 5.82 Å². The minimum Gasteiger partial charge on any atom is -0.345 e. The van der Waals surface area contributed by atoms with Crippen LogP contribution < -0.4 is 5.32 Å². The van der Waals surface area contributed by atoms with Crippen molar-refractivity contribution >= 4 is 17.5 Å². The molecule has 170 valence electrons. The number of benzene rings is 2. The molecule has 3 aromatic rings. The van der Waals surface area contributed by atoms with E-state index in [1.54, 1.807) is 29.2 Å². The molecule has 2 aromatic carbocycles. The summed E-state index contributed by atoms with van der Waals surface area (Å²) in [7, 11) is 0. The van der Waals surface area contributed by atoms with Crippen LogP contribution in [0.1, 0.15) is 60.5 Å². The summed E-state index contributed by atoms with van der Waals surface area (Å²) in [5.41, 5.74) is 1.50. The summed E-state index contributed by atoms with van der Waals surface area (Å²) in [5.74, 6) is -0.453. The third kappa shape index (κ3) is 4.50. The molecule has 1 aliphatic rings. The molecule has 1 atom stereocenters. The Morgan fingerprint density at radius 1 is 1.15 bits per heavy atom. The van der Waals surface area contributed by atoms with E-state index in [0.29, 0.717) is 29.1 Å². The fourth-order valence-corrected chi connectivity index (χ4v) is 4.00. The molecule has 0 spiro atoms. The van der Waals surface area contributed by atoms with Crippen molar-refractivity contribution in [2.75, 3.05) is 0 Å². The number of halogens is 1. The highest BCUT2D eigenvalue weighted by Gasteiger charge is 2.44. The Morgan fingerprint density at radius 2 is 1.85 bits per heavy atom. The lowest BCUT2D eigenvalue weighted by atomic mass is 9.98. The maximum absolute atomic E-state index is 13.4. The molecule has 2 N–H and O–H groups in total. The molecule has 10 heteroatoms. The lowest BCUT2D eigenvalue weighted by Crippen LogP contribution is -2.45. The summed E-state index contributed by atoms with van der Waals surface area (Å²) in [6.45, 7) is 5.91. The summed E-state index contributed by atoms with van der Waals surface area (Å²) in [6.07, 6.45) is 0.657. The lowest BCUT2D eigenvalue weighted by molar-refractivity contribution is -0.130. The van der Waals surface area contributed by atoms with Crippen LogP contribution in [0.25, 0.3) is 0 Å². The van der Waals surface area contributed by atoms with Crippen molar-refractivity contribution in [2.24, 2.45) is 4.99 Å². The van der Waals surface area contributed by atoms with Crippen LogP contribution in [0, 0.1) is 5.82 Å². The van der Waals surface area contributed by atoms with Crippen molar-refractivity contribution in [3.8, 4) is 0 Å². The first-order valence-corrected chi connectivity index (χ1v) is 10.6. The molecule has 1 unspecified atom stereocenters. The van der Waals surface area contributed by atoms with Crippen LogP contribution in [0.5, 0.6) is 0 Å². The molecule has 1 aromatic heterocycles. The van der Waals surface area contributed by atoms with Crippen LogP contribution in [0.2, 0.25) is 0 Å². The van der Waals surface area contributed by atoms with E-state index in [4.69, 9.17) is 0 Å². The SMILES string of the molecule is CCC(c1ccc(C(=O)NCc2nn[nH]n2)cc1)N1C(=O)C(c2ccc(F)cc2)=NC1(C)C. The second-order valence-electron chi connectivity index (χ2n) is 8.19. The number of tetrazole rings is 1. The maximum atomic E-state index is 13.4. The van der Waals surface area contributed by atoms with Gasteiger partial charge in [0.25, 0.3) is 11.8 Å². The number of rotatable bonds is 7. The van der Waals surface area contributed by atoms with Crippen molar-refractivity contribution in [3.05, 3.63) is 76.9 Å². The number of aromatic nitrogens is 4. The summed E-state index contributed by atoms with van der Waals surface area (Å²) >= 11 is 0. The number of aromatic amines is 1. The molecule has 0 saturated heterocycles. The van der Waals surface area contributed by atoms with Crippen molar-refractivity contribution in [1.29, 1.82) is 0 Å². The summed E-state index contributed by atoms with van der Waals surface area (Å²) in [6, 6.07) is 12.7. The highest BCUT2D eigenvalue weighted by Crippen LogP contribution is 2.37. The van der Waals surface area contributed by atoms with Crippen LogP contribution >= 0.6 is 0 Å². The van der Waals surface area contributed by atoms with E-state index in [2.05, 4.69) is 30.9 Å². The van der Waals surface area contributed by atoms with Gasteiger partial charge < -0.3 is 10.2 Å². The Hall–Kier alpha value is -3.95. The standard InChI is InChI=1S/C23H24FN7O2/c1-4-18(14-5-7-16(8-6-14)21(32)25-13-19-27-29-30-28-19)31-22(33)20(26-23(31,2)3)15-9-11-17(24)12-10-15/h5-12,18H,4,13H2,1-3H3,(H,25,32)(H,27,28,29,30). The second kappa shape index (κ2) is 8.89. The Labute approximate surface area is 190 Å². The van der Waals surface area contributed by atoms with Crippen LogP contribution in [-0.4, -0.2) is 48.7 Å². The van der Waals surface area contributed by atoms with Gasteiger partial charge in [-0.25, -0.2) is 4.39 Å². The molecule has 1 aliphatic heterocycles. The highest BCUT2D eigenvalue weighted by atomic mass is 19.1. The summed E-state index contributed by atoms with van der Waals surface area (Å²) in [5, 5.41) is 16.1. The second-order valence-corrected chi connectivity index (χ2v) is 8.19. The number of hydrogen-bond donors (Lipinski definition) is 2. The molecule has 0 fully saturated rings. The highest BCUT2D eigenvalue weighted by molar-refractivity contribution is 6.46.